The lowest BCUT2D eigenvalue weighted by atomic mass is 10.1. The second kappa shape index (κ2) is 9.62. The van der Waals surface area contributed by atoms with Crippen molar-refractivity contribution in [1.82, 2.24) is 9.13 Å². The van der Waals surface area contributed by atoms with Gasteiger partial charge in [-0.15, -0.1) is 0 Å². The van der Waals surface area contributed by atoms with Gasteiger partial charge < -0.3 is 18.8 Å². The van der Waals surface area contributed by atoms with Crippen LogP contribution >= 0.6 is 0 Å². The minimum absolute atomic E-state index is 0.815. The van der Waals surface area contributed by atoms with Gasteiger partial charge in [-0.25, -0.2) is 0 Å². The summed E-state index contributed by atoms with van der Waals surface area (Å²) >= 11 is 0. The smallest absolute Gasteiger partial charge is 0.153 e. The number of ether oxygens (including phenoxy) is 1. The summed E-state index contributed by atoms with van der Waals surface area (Å²) in [4.78, 5) is 2.31. The second-order valence-corrected chi connectivity index (χ2v) is 11.8. The van der Waals surface area contributed by atoms with Crippen molar-refractivity contribution in [3.8, 4) is 22.9 Å². The Hall–Kier alpha value is -6.26. The normalized spacial score (nSPS) is 12.5. The molecule has 9 aromatic rings. The molecule has 0 amide bonds. The van der Waals surface area contributed by atoms with Crippen LogP contribution < -0.4 is 9.64 Å². The van der Waals surface area contributed by atoms with Crippen LogP contribution in [0.15, 0.2) is 164 Å². The number of hydrogen-bond acceptors (Lipinski definition) is 2. The third-order valence-corrected chi connectivity index (χ3v) is 9.28. The molecule has 0 unspecified atom stereocenters. The lowest BCUT2D eigenvalue weighted by molar-refractivity contribution is 0.476. The first-order chi connectivity index (χ1) is 22.8. The Morgan fingerprint density at radius 2 is 0.696 bits per heavy atom. The first-order valence-corrected chi connectivity index (χ1v) is 15.6. The van der Waals surface area contributed by atoms with E-state index in [0.29, 0.717) is 0 Å². The van der Waals surface area contributed by atoms with E-state index in [9.17, 15) is 0 Å². The van der Waals surface area contributed by atoms with E-state index in [1.54, 1.807) is 0 Å². The molecule has 0 bridgehead atoms. The van der Waals surface area contributed by atoms with Crippen LogP contribution in [-0.2, 0) is 0 Å². The van der Waals surface area contributed by atoms with Gasteiger partial charge in [0, 0.05) is 39.4 Å². The maximum Gasteiger partial charge on any atom is 0.153 e. The third-order valence-electron chi connectivity index (χ3n) is 9.28. The van der Waals surface area contributed by atoms with Crippen LogP contribution in [0.25, 0.3) is 55.0 Å². The molecule has 0 radical (unpaired) electrons. The van der Waals surface area contributed by atoms with Gasteiger partial charge in [-0.3, -0.25) is 0 Å². The Bertz CT molecular complexity index is 2360. The largest absolute Gasteiger partial charge is 0.453 e. The van der Waals surface area contributed by atoms with E-state index in [2.05, 4.69) is 178 Å². The zero-order chi connectivity index (χ0) is 30.2. The molecule has 2 aromatic heterocycles. The molecule has 7 aromatic carbocycles. The van der Waals surface area contributed by atoms with Crippen molar-refractivity contribution in [2.45, 2.75) is 0 Å². The molecular formula is C42H27N3O. The van der Waals surface area contributed by atoms with Gasteiger partial charge in [-0.2, -0.15) is 0 Å². The number of hydrogen-bond donors (Lipinski definition) is 0. The average molecular weight is 590 g/mol. The van der Waals surface area contributed by atoms with Crippen molar-refractivity contribution >= 4 is 60.7 Å². The van der Waals surface area contributed by atoms with Crippen LogP contribution in [0.3, 0.4) is 0 Å². The van der Waals surface area contributed by atoms with E-state index in [1.165, 1.54) is 43.6 Å². The second-order valence-electron chi connectivity index (χ2n) is 11.8. The SMILES string of the molecule is c1ccc(N2c3ccc(-n4c5ccccc5c5ccccc54)cc3Oc3cc(-n4c5ccccc5c5ccccc54)ccc32)cc1. The lowest BCUT2D eigenvalue weighted by Crippen LogP contribution is -2.16. The monoisotopic (exact) mass is 589 g/mol. The first kappa shape index (κ1) is 25.1. The summed E-state index contributed by atoms with van der Waals surface area (Å²) in [6.45, 7) is 0. The highest BCUT2D eigenvalue weighted by atomic mass is 16.5. The highest BCUT2D eigenvalue weighted by Gasteiger charge is 2.28. The fraction of sp³-hybridized carbons (Fsp3) is 0. The quantitative estimate of drug-likeness (QED) is 0.205. The molecule has 3 heterocycles. The molecule has 0 aliphatic carbocycles. The highest BCUT2D eigenvalue weighted by Crippen LogP contribution is 2.52. The Labute approximate surface area is 265 Å². The Morgan fingerprint density at radius 3 is 1.11 bits per heavy atom. The number of anilines is 3. The molecule has 0 atom stereocenters. The Kier molecular flexibility index (Phi) is 5.25. The third kappa shape index (κ3) is 3.55. The van der Waals surface area contributed by atoms with E-state index >= 15 is 0 Å². The predicted molar refractivity (Wildman–Crippen MR) is 190 cm³/mol. The fourth-order valence-electron chi connectivity index (χ4n) is 7.32. The molecule has 46 heavy (non-hydrogen) atoms. The molecule has 0 fully saturated rings. The molecule has 4 heteroatoms. The zero-order valence-corrected chi connectivity index (χ0v) is 24.8. The molecule has 0 spiro atoms. The average Bonchev–Trinajstić information content (AvgIpc) is 3.64. The molecule has 10 rings (SSSR count). The van der Waals surface area contributed by atoms with Gasteiger partial charge in [0.25, 0.3) is 0 Å². The van der Waals surface area contributed by atoms with Crippen molar-refractivity contribution in [3.63, 3.8) is 0 Å². The maximum atomic E-state index is 6.89. The van der Waals surface area contributed by atoms with Crippen molar-refractivity contribution in [1.29, 1.82) is 0 Å². The van der Waals surface area contributed by atoms with Crippen LogP contribution in [0.1, 0.15) is 0 Å². The van der Waals surface area contributed by atoms with Crippen molar-refractivity contribution < 1.29 is 4.74 Å². The summed E-state index contributed by atoms with van der Waals surface area (Å²) < 4.78 is 11.6. The van der Waals surface area contributed by atoms with Crippen LogP contribution in [0.2, 0.25) is 0 Å². The number of para-hydroxylation sites is 5. The molecule has 0 N–H and O–H groups in total. The molecule has 0 saturated carbocycles. The van der Waals surface area contributed by atoms with Crippen LogP contribution in [0, 0.1) is 0 Å². The number of benzene rings is 7. The summed E-state index contributed by atoms with van der Waals surface area (Å²) in [5.74, 6) is 1.63. The summed E-state index contributed by atoms with van der Waals surface area (Å²) in [5, 5.41) is 4.96. The predicted octanol–water partition coefficient (Wildman–Crippen LogP) is 11.5. The summed E-state index contributed by atoms with van der Waals surface area (Å²) in [7, 11) is 0. The number of fused-ring (bicyclic) bond motifs is 8. The summed E-state index contributed by atoms with van der Waals surface area (Å²) in [5.41, 5.74) is 9.92. The van der Waals surface area contributed by atoms with Gasteiger partial charge in [0.15, 0.2) is 11.5 Å². The van der Waals surface area contributed by atoms with Crippen molar-refractivity contribution in [2.75, 3.05) is 4.90 Å². The molecule has 1 aliphatic rings. The standard InChI is InChI=1S/C42H27N3O/c1-2-12-28(13-3-1)43-39-24-22-29(44-35-18-8-4-14-31(35)32-15-5-9-19-36(32)44)26-41(39)46-42-27-30(23-25-40(42)43)45-37-20-10-6-16-33(37)34-17-7-11-21-38(34)45/h1-27H. The Balaban J connectivity index is 1.19. The minimum Gasteiger partial charge on any atom is -0.453 e. The van der Waals surface area contributed by atoms with E-state index in [0.717, 1.165) is 39.9 Å². The van der Waals surface area contributed by atoms with Gasteiger partial charge >= 0.3 is 0 Å². The molecule has 0 saturated heterocycles. The summed E-state index contributed by atoms with van der Waals surface area (Å²) in [6, 6.07) is 58.1. The Morgan fingerprint density at radius 1 is 0.326 bits per heavy atom. The molecule has 1 aliphatic heterocycles. The van der Waals surface area contributed by atoms with E-state index in [1.807, 2.05) is 0 Å². The van der Waals surface area contributed by atoms with E-state index < -0.39 is 0 Å². The summed E-state index contributed by atoms with van der Waals surface area (Å²) in [6.07, 6.45) is 0. The topological polar surface area (TPSA) is 22.3 Å². The van der Waals surface area contributed by atoms with E-state index in [4.69, 9.17) is 4.74 Å². The van der Waals surface area contributed by atoms with Crippen LogP contribution in [0.4, 0.5) is 17.1 Å². The maximum absolute atomic E-state index is 6.89. The van der Waals surface area contributed by atoms with Gasteiger partial charge in [0.1, 0.15) is 0 Å². The van der Waals surface area contributed by atoms with E-state index in [-0.39, 0.29) is 0 Å². The van der Waals surface area contributed by atoms with Crippen LogP contribution in [-0.4, -0.2) is 9.13 Å². The minimum atomic E-state index is 0.815. The number of aromatic nitrogens is 2. The first-order valence-electron chi connectivity index (χ1n) is 15.6. The molecule has 216 valence electrons. The fourth-order valence-corrected chi connectivity index (χ4v) is 7.32. The number of nitrogens with zero attached hydrogens (tertiary/aromatic N) is 3. The highest BCUT2D eigenvalue weighted by molar-refractivity contribution is 6.10. The lowest BCUT2D eigenvalue weighted by Gasteiger charge is -2.33. The van der Waals surface area contributed by atoms with Crippen molar-refractivity contribution in [3.05, 3.63) is 164 Å². The molecule has 4 nitrogen and oxygen atoms in total. The van der Waals surface area contributed by atoms with Gasteiger partial charge in [0.05, 0.1) is 44.8 Å². The van der Waals surface area contributed by atoms with Crippen molar-refractivity contribution in [2.24, 2.45) is 0 Å². The molecular weight excluding hydrogens is 562 g/mol. The van der Waals surface area contributed by atoms with Gasteiger partial charge in [0.2, 0.25) is 0 Å². The van der Waals surface area contributed by atoms with Crippen LogP contribution in [0.5, 0.6) is 11.5 Å². The zero-order valence-electron chi connectivity index (χ0n) is 24.8. The number of rotatable bonds is 3. The van der Waals surface area contributed by atoms with Gasteiger partial charge in [-0.1, -0.05) is 91.0 Å². The van der Waals surface area contributed by atoms with Gasteiger partial charge in [-0.05, 0) is 60.7 Å².